The average molecular weight is 366 g/mol. The van der Waals surface area contributed by atoms with E-state index in [9.17, 15) is 0 Å². The molecule has 0 aromatic carbocycles. The van der Waals surface area contributed by atoms with Gasteiger partial charge in [-0.3, -0.25) is 0 Å². The first-order valence-electron chi connectivity index (χ1n) is 5.57. The Balaban J connectivity index is 3.02. The van der Waals surface area contributed by atoms with E-state index in [4.69, 9.17) is 5.11 Å². The first-order valence-corrected chi connectivity index (χ1v) is 12.6. The van der Waals surface area contributed by atoms with Gasteiger partial charge in [0, 0.05) is 32.0 Å². The molecule has 0 rings (SSSR count). The molecule has 8 heteroatoms. The van der Waals surface area contributed by atoms with Gasteiger partial charge in [-0.05, 0) is 13.2 Å². The van der Waals surface area contributed by atoms with Crippen LogP contribution in [-0.2, 0) is 0 Å². The minimum Gasteiger partial charge on any atom is -0.395 e. The number of aliphatic hydroxyl groups excluding tert-OH is 1. The molecule has 0 unspecified atom stereocenters. The summed E-state index contributed by atoms with van der Waals surface area (Å²) in [7, 11) is 0. The number of nitrogens with one attached hydrogen (secondary N) is 1. The molecule has 0 heterocycles. The van der Waals surface area contributed by atoms with Crippen molar-refractivity contribution in [2.45, 2.75) is 12.3 Å². The molecule has 0 aliphatic heterocycles. The zero-order valence-electron chi connectivity index (χ0n) is 10.9. The quantitative estimate of drug-likeness (QED) is 0.356. The Kier molecular flexibility index (Phi) is 19.0. The lowest BCUT2D eigenvalue weighted by Crippen LogP contribution is -2.26. The number of hydrogen-bond donors (Lipinski definition) is 2. The molecule has 0 aliphatic carbocycles. The Hall–Kier alpha value is 2.02. The zero-order chi connectivity index (χ0) is 13.5. The van der Waals surface area contributed by atoms with Crippen LogP contribution in [0.4, 0.5) is 0 Å². The van der Waals surface area contributed by atoms with Crippen LogP contribution in [-0.4, -0.2) is 55.3 Å². The molecule has 110 valence electrons. The van der Waals surface area contributed by atoms with Crippen molar-refractivity contribution < 1.29 is 5.11 Å². The summed E-state index contributed by atoms with van der Waals surface area (Å²) in [5.41, 5.74) is 0. The maximum Gasteiger partial charge on any atom is 0.0556 e. The summed E-state index contributed by atoms with van der Waals surface area (Å²) in [4.78, 5) is 0. The Morgan fingerprint density at radius 1 is 0.944 bits per heavy atom. The number of hydrogen-bond acceptors (Lipinski definition) is 8. The largest absolute Gasteiger partial charge is 0.395 e. The predicted molar refractivity (Wildman–Crippen MR) is 100 cm³/mol. The van der Waals surface area contributed by atoms with E-state index in [1.54, 1.807) is 0 Å². The highest BCUT2D eigenvalue weighted by Crippen LogP contribution is 2.24. The molecule has 2 N–H and O–H groups in total. The van der Waals surface area contributed by atoms with Crippen LogP contribution >= 0.6 is 70.6 Å². The van der Waals surface area contributed by atoms with Crippen LogP contribution < -0.4 is 5.32 Å². The molecule has 0 spiro atoms. The molecule has 0 saturated heterocycles. The Labute approximate surface area is 137 Å². The molecule has 0 amide bonds. The van der Waals surface area contributed by atoms with Crippen LogP contribution in [0, 0.1) is 0 Å². The Morgan fingerprint density at radius 3 is 2.06 bits per heavy atom. The van der Waals surface area contributed by atoms with Gasteiger partial charge in [0.25, 0.3) is 0 Å². The standard InChI is InChI=1S/C10H23NOS6/c1-10(11-3-4-12)18-9-17-8-16-7-15-6-14-5-13-2/h10-12H,3-9H2,1-2H3/t10-/m0/s1. The molecular weight excluding hydrogens is 343 g/mol. The minimum absolute atomic E-state index is 0.222. The Bertz CT molecular complexity index is 165. The molecule has 0 aliphatic rings. The van der Waals surface area contributed by atoms with E-state index >= 15 is 0 Å². The van der Waals surface area contributed by atoms with Crippen molar-refractivity contribution in [3.8, 4) is 0 Å². The molecule has 0 aromatic rings. The van der Waals surface area contributed by atoms with Gasteiger partial charge in [0.1, 0.15) is 0 Å². The van der Waals surface area contributed by atoms with Crippen molar-refractivity contribution in [2.24, 2.45) is 0 Å². The van der Waals surface area contributed by atoms with Gasteiger partial charge in [-0.1, -0.05) is 0 Å². The lowest BCUT2D eigenvalue weighted by molar-refractivity contribution is 0.292. The van der Waals surface area contributed by atoms with Crippen LogP contribution in [0.1, 0.15) is 6.92 Å². The normalized spacial score (nSPS) is 12.8. The van der Waals surface area contributed by atoms with Crippen molar-refractivity contribution in [3.05, 3.63) is 0 Å². The lowest BCUT2D eigenvalue weighted by Gasteiger charge is -2.11. The molecule has 0 aromatic heterocycles. The second-order valence-corrected chi connectivity index (χ2v) is 11.1. The molecule has 2 nitrogen and oxygen atoms in total. The fourth-order valence-electron chi connectivity index (χ4n) is 0.873. The highest BCUT2D eigenvalue weighted by atomic mass is 32.3. The van der Waals surface area contributed by atoms with Crippen LogP contribution in [0.15, 0.2) is 0 Å². The van der Waals surface area contributed by atoms with E-state index in [2.05, 4.69) is 18.5 Å². The van der Waals surface area contributed by atoms with Crippen molar-refractivity contribution >= 4 is 70.6 Å². The van der Waals surface area contributed by atoms with Crippen LogP contribution in [0.2, 0.25) is 0 Å². The van der Waals surface area contributed by atoms with Gasteiger partial charge in [-0.2, -0.15) is 11.8 Å². The SMILES string of the molecule is CSCSCSCSCSCS[C@@H](C)NCCO. The molecule has 0 saturated carbocycles. The van der Waals surface area contributed by atoms with Gasteiger partial charge in [-0.15, -0.1) is 58.8 Å². The smallest absolute Gasteiger partial charge is 0.0556 e. The van der Waals surface area contributed by atoms with Crippen molar-refractivity contribution in [1.29, 1.82) is 0 Å². The summed E-state index contributed by atoms with van der Waals surface area (Å²) in [6.07, 6.45) is 2.15. The Morgan fingerprint density at radius 2 is 1.50 bits per heavy atom. The van der Waals surface area contributed by atoms with Gasteiger partial charge in [0.05, 0.1) is 12.0 Å². The van der Waals surface area contributed by atoms with Crippen LogP contribution in [0.25, 0.3) is 0 Å². The molecule has 1 atom stereocenters. The summed E-state index contributed by atoms with van der Waals surface area (Å²) in [6.45, 7) is 3.06. The topological polar surface area (TPSA) is 32.3 Å². The van der Waals surface area contributed by atoms with Crippen molar-refractivity contribution in [2.75, 3.05) is 44.8 Å². The summed E-state index contributed by atoms with van der Waals surface area (Å²) >= 11 is 11.8. The lowest BCUT2D eigenvalue weighted by atomic mass is 10.6. The fourth-order valence-corrected chi connectivity index (χ4v) is 7.93. The molecule has 18 heavy (non-hydrogen) atoms. The van der Waals surface area contributed by atoms with Crippen molar-refractivity contribution in [1.82, 2.24) is 5.32 Å². The predicted octanol–water partition coefficient (Wildman–Crippen LogP) is 3.73. The van der Waals surface area contributed by atoms with Gasteiger partial charge < -0.3 is 10.4 Å². The van der Waals surface area contributed by atoms with E-state index < -0.39 is 0 Å². The highest BCUT2D eigenvalue weighted by Gasteiger charge is 2.00. The number of rotatable bonds is 14. The van der Waals surface area contributed by atoms with E-state index in [1.807, 2.05) is 70.6 Å². The first-order chi connectivity index (χ1) is 8.81. The zero-order valence-corrected chi connectivity index (χ0v) is 15.8. The molecular formula is C10H23NOS6. The third-order valence-electron chi connectivity index (χ3n) is 1.65. The second-order valence-electron chi connectivity index (χ2n) is 3.18. The highest BCUT2D eigenvalue weighted by molar-refractivity contribution is 8.29. The second kappa shape index (κ2) is 17.1. The number of aliphatic hydroxyl groups is 1. The first kappa shape index (κ1) is 20.0. The third kappa shape index (κ3) is 16.1. The third-order valence-corrected chi connectivity index (χ3v) is 9.13. The molecule has 0 radical (unpaired) electrons. The summed E-state index contributed by atoms with van der Waals surface area (Å²) < 4.78 is 0. The van der Waals surface area contributed by atoms with Gasteiger partial charge in [0.15, 0.2) is 0 Å². The summed E-state index contributed by atoms with van der Waals surface area (Å²) in [6, 6.07) is 0. The maximum atomic E-state index is 8.68. The van der Waals surface area contributed by atoms with Gasteiger partial charge >= 0.3 is 0 Å². The maximum absolute atomic E-state index is 8.68. The van der Waals surface area contributed by atoms with E-state index in [1.165, 1.54) is 20.3 Å². The van der Waals surface area contributed by atoms with Gasteiger partial charge in [0.2, 0.25) is 0 Å². The van der Waals surface area contributed by atoms with Crippen molar-refractivity contribution in [3.63, 3.8) is 0 Å². The van der Waals surface area contributed by atoms with E-state index in [0.29, 0.717) is 11.9 Å². The van der Waals surface area contributed by atoms with Crippen LogP contribution in [0.3, 0.4) is 0 Å². The number of thioether (sulfide) groups is 6. The van der Waals surface area contributed by atoms with E-state index in [-0.39, 0.29) is 6.61 Å². The minimum atomic E-state index is 0.222. The van der Waals surface area contributed by atoms with E-state index in [0.717, 1.165) is 5.08 Å². The molecule has 0 fully saturated rings. The monoisotopic (exact) mass is 365 g/mol. The summed E-state index contributed by atoms with van der Waals surface area (Å²) in [5, 5.41) is 18.3. The van der Waals surface area contributed by atoms with Crippen LogP contribution in [0.5, 0.6) is 0 Å². The molecule has 0 bridgehead atoms. The fraction of sp³-hybridized carbons (Fsp3) is 1.00. The van der Waals surface area contributed by atoms with Gasteiger partial charge in [-0.25, -0.2) is 0 Å². The summed E-state index contributed by atoms with van der Waals surface area (Å²) in [5.74, 6) is 0. The average Bonchev–Trinajstić information content (AvgIpc) is 2.38.